The van der Waals surface area contributed by atoms with Crippen LogP contribution in [0.5, 0.6) is 0 Å². The number of rotatable bonds is 4. The van der Waals surface area contributed by atoms with Gasteiger partial charge in [-0.1, -0.05) is 12.1 Å². The van der Waals surface area contributed by atoms with Gasteiger partial charge in [0.2, 0.25) is 5.91 Å². The Kier molecular flexibility index (Phi) is 4.85. The molecule has 0 radical (unpaired) electrons. The van der Waals surface area contributed by atoms with Gasteiger partial charge in [-0.2, -0.15) is 0 Å². The molecule has 0 saturated carbocycles. The van der Waals surface area contributed by atoms with Gasteiger partial charge in [-0.05, 0) is 17.7 Å². The normalized spacial score (nSPS) is 17.6. The monoisotopic (exact) mass is 308 g/mol. The summed E-state index contributed by atoms with van der Waals surface area (Å²) in [5, 5.41) is 11.8. The number of carbonyl (C=O) groups is 3. The molecular formula is C14H16N2O4S. The summed E-state index contributed by atoms with van der Waals surface area (Å²) in [5.41, 5.74) is 1.34. The minimum Gasteiger partial charge on any atom is -0.480 e. The highest BCUT2D eigenvalue weighted by Crippen LogP contribution is 2.23. The molecule has 0 spiro atoms. The molecule has 7 heteroatoms. The second kappa shape index (κ2) is 6.62. The third kappa shape index (κ3) is 3.75. The first-order chi connectivity index (χ1) is 9.99. The zero-order chi connectivity index (χ0) is 15.4. The molecule has 6 nitrogen and oxygen atoms in total. The molecule has 1 aromatic rings. The Labute approximate surface area is 126 Å². The van der Waals surface area contributed by atoms with Crippen molar-refractivity contribution in [1.29, 1.82) is 0 Å². The number of amides is 2. The van der Waals surface area contributed by atoms with E-state index >= 15 is 0 Å². The van der Waals surface area contributed by atoms with Crippen LogP contribution in [0.4, 0.5) is 0 Å². The Morgan fingerprint density at radius 2 is 2.00 bits per heavy atom. The van der Waals surface area contributed by atoms with E-state index in [0.29, 0.717) is 23.7 Å². The lowest BCUT2D eigenvalue weighted by Crippen LogP contribution is -2.41. The zero-order valence-electron chi connectivity index (χ0n) is 11.5. The second-order valence-electron chi connectivity index (χ2n) is 4.74. The first-order valence-corrected chi connectivity index (χ1v) is 7.59. The maximum absolute atomic E-state index is 12.3. The fourth-order valence-electron chi connectivity index (χ4n) is 2.00. The second-order valence-corrected chi connectivity index (χ2v) is 5.74. The summed E-state index contributed by atoms with van der Waals surface area (Å²) in [5.74, 6) is -0.562. The number of thioether (sulfide) groups is 1. The molecule has 112 valence electrons. The number of carboxylic acid groups (broad SMARTS) is 1. The van der Waals surface area contributed by atoms with Crippen LogP contribution in [-0.4, -0.2) is 45.5 Å². The first-order valence-electron chi connectivity index (χ1n) is 6.44. The number of hydrogen-bond acceptors (Lipinski definition) is 4. The molecule has 1 unspecified atom stereocenters. The van der Waals surface area contributed by atoms with Crippen molar-refractivity contribution in [3.05, 3.63) is 35.4 Å². The topological polar surface area (TPSA) is 86.7 Å². The van der Waals surface area contributed by atoms with E-state index in [-0.39, 0.29) is 11.8 Å². The van der Waals surface area contributed by atoms with Crippen LogP contribution in [0.25, 0.3) is 0 Å². The van der Waals surface area contributed by atoms with E-state index in [4.69, 9.17) is 5.11 Å². The predicted octanol–water partition coefficient (Wildman–Crippen LogP) is 0.922. The molecule has 0 aliphatic carbocycles. The van der Waals surface area contributed by atoms with E-state index in [1.54, 1.807) is 24.3 Å². The molecule has 1 heterocycles. The minimum atomic E-state index is -0.976. The van der Waals surface area contributed by atoms with Crippen molar-refractivity contribution < 1.29 is 19.5 Å². The van der Waals surface area contributed by atoms with Gasteiger partial charge in [0.25, 0.3) is 5.91 Å². The number of aliphatic carboxylic acids is 1. The van der Waals surface area contributed by atoms with Gasteiger partial charge in [-0.25, -0.2) is 4.79 Å². The maximum Gasteiger partial charge on any atom is 0.327 e. The summed E-state index contributed by atoms with van der Waals surface area (Å²) >= 11 is 1.43. The van der Waals surface area contributed by atoms with E-state index in [0.717, 1.165) is 5.56 Å². The Bertz CT molecular complexity index is 559. The minimum absolute atomic E-state index is 0.117. The molecule has 1 atom stereocenters. The van der Waals surface area contributed by atoms with Crippen LogP contribution in [0.3, 0.4) is 0 Å². The van der Waals surface area contributed by atoms with Crippen LogP contribution in [0.2, 0.25) is 0 Å². The Hall–Kier alpha value is -2.02. The van der Waals surface area contributed by atoms with Crippen molar-refractivity contribution in [3.8, 4) is 0 Å². The Morgan fingerprint density at radius 3 is 2.57 bits per heavy atom. The number of hydrogen-bond donors (Lipinski definition) is 2. The average molecular weight is 308 g/mol. The van der Waals surface area contributed by atoms with Crippen molar-refractivity contribution in [2.75, 3.05) is 11.6 Å². The number of carboxylic acids is 1. The molecule has 2 N–H and O–H groups in total. The van der Waals surface area contributed by atoms with Gasteiger partial charge in [0.05, 0.1) is 5.88 Å². The molecular weight excluding hydrogens is 292 g/mol. The van der Waals surface area contributed by atoms with E-state index in [9.17, 15) is 14.4 Å². The predicted molar refractivity (Wildman–Crippen MR) is 78.9 cm³/mol. The van der Waals surface area contributed by atoms with Gasteiger partial charge < -0.3 is 15.3 Å². The maximum atomic E-state index is 12.3. The van der Waals surface area contributed by atoms with Gasteiger partial charge in [0.15, 0.2) is 0 Å². The molecule has 1 aliphatic rings. The zero-order valence-corrected chi connectivity index (χ0v) is 12.4. The van der Waals surface area contributed by atoms with Crippen LogP contribution >= 0.6 is 11.8 Å². The molecule has 2 amide bonds. The first kappa shape index (κ1) is 15.4. The lowest BCUT2D eigenvalue weighted by molar-refractivity contribution is -0.140. The molecule has 0 bridgehead atoms. The van der Waals surface area contributed by atoms with Crippen molar-refractivity contribution in [1.82, 2.24) is 10.2 Å². The van der Waals surface area contributed by atoms with Crippen LogP contribution in [0.15, 0.2) is 24.3 Å². The Morgan fingerprint density at radius 1 is 1.33 bits per heavy atom. The molecule has 1 fully saturated rings. The molecule has 21 heavy (non-hydrogen) atoms. The van der Waals surface area contributed by atoms with Gasteiger partial charge in [0, 0.05) is 24.8 Å². The summed E-state index contributed by atoms with van der Waals surface area (Å²) in [6.07, 6.45) is 0. The largest absolute Gasteiger partial charge is 0.480 e. The van der Waals surface area contributed by atoms with Gasteiger partial charge in [-0.15, -0.1) is 11.8 Å². The molecule has 2 rings (SSSR count). The Balaban J connectivity index is 2.06. The van der Waals surface area contributed by atoms with Gasteiger partial charge >= 0.3 is 5.97 Å². The summed E-state index contributed by atoms with van der Waals surface area (Å²) in [6.45, 7) is 1.84. The number of nitrogens with one attached hydrogen (secondary N) is 1. The third-order valence-electron chi connectivity index (χ3n) is 3.17. The lowest BCUT2D eigenvalue weighted by Gasteiger charge is -2.20. The highest BCUT2D eigenvalue weighted by Gasteiger charge is 2.34. The van der Waals surface area contributed by atoms with Gasteiger partial charge in [-0.3, -0.25) is 9.59 Å². The number of nitrogens with zero attached hydrogens (tertiary/aromatic N) is 1. The van der Waals surface area contributed by atoms with Crippen LogP contribution < -0.4 is 5.32 Å². The van der Waals surface area contributed by atoms with E-state index in [1.807, 2.05) is 0 Å². The molecule has 1 saturated heterocycles. The van der Waals surface area contributed by atoms with E-state index in [1.165, 1.54) is 23.6 Å². The van der Waals surface area contributed by atoms with Crippen molar-refractivity contribution >= 4 is 29.5 Å². The number of carbonyl (C=O) groups excluding carboxylic acids is 2. The smallest absolute Gasteiger partial charge is 0.327 e. The number of benzene rings is 1. The molecule has 0 aromatic heterocycles. The SMILES string of the molecule is CC(=O)NCc1ccc(C(=O)N2CSCC2C(=O)O)cc1. The molecule has 1 aromatic carbocycles. The summed E-state index contributed by atoms with van der Waals surface area (Å²) < 4.78 is 0. The van der Waals surface area contributed by atoms with Crippen molar-refractivity contribution in [3.63, 3.8) is 0 Å². The van der Waals surface area contributed by atoms with Crippen LogP contribution in [0.1, 0.15) is 22.8 Å². The van der Waals surface area contributed by atoms with Crippen molar-refractivity contribution in [2.45, 2.75) is 19.5 Å². The standard InChI is InChI=1S/C14H16N2O4S/c1-9(17)15-6-10-2-4-11(5-3-10)13(18)16-8-21-7-12(16)14(19)20/h2-5,12H,6-8H2,1H3,(H,15,17)(H,19,20). The summed E-state index contributed by atoms with van der Waals surface area (Å²) in [6, 6.07) is 6.05. The highest BCUT2D eigenvalue weighted by atomic mass is 32.2. The van der Waals surface area contributed by atoms with Gasteiger partial charge in [0.1, 0.15) is 6.04 Å². The van der Waals surface area contributed by atoms with Crippen LogP contribution in [-0.2, 0) is 16.1 Å². The fraction of sp³-hybridized carbons (Fsp3) is 0.357. The fourth-order valence-corrected chi connectivity index (χ4v) is 3.15. The lowest BCUT2D eigenvalue weighted by atomic mass is 10.1. The summed E-state index contributed by atoms with van der Waals surface area (Å²) in [7, 11) is 0. The molecule has 1 aliphatic heterocycles. The quantitative estimate of drug-likeness (QED) is 0.864. The van der Waals surface area contributed by atoms with Crippen LogP contribution in [0, 0.1) is 0 Å². The van der Waals surface area contributed by atoms with E-state index in [2.05, 4.69) is 5.32 Å². The third-order valence-corrected chi connectivity index (χ3v) is 4.18. The van der Waals surface area contributed by atoms with Crippen molar-refractivity contribution in [2.24, 2.45) is 0 Å². The van der Waals surface area contributed by atoms with E-state index < -0.39 is 12.0 Å². The highest BCUT2D eigenvalue weighted by molar-refractivity contribution is 7.99. The summed E-state index contributed by atoms with van der Waals surface area (Å²) in [4.78, 5) is 35.6. The average Bonchev–Trinajstić information content (AvgIpc) is 2.94.